The third kappa shape index (κ3) is 5.58. The molecule has 0 atom stereocenters. The van der Waals surface area contributed by atoms with Crippen LogP contribution in [0.25, 0.3) is 122 Å². The monoisotopic (exact) mass is 830 g/mol. The predicted octanol–water partition coefficient (Wildman–Crippen LogP) is 14.5. The summed E-state index contributed by atoms with van der Waals surface area (Å²) < 4.78 is 11.7. The highest BCUT2D eigenvalue weighted by Gasteiger charge is 2.29. The highest BCUT2D eigenvalue weighted by Crippen LogP contribution is 2.49. The molecule has 9 aromatic carbocycles. The Kier molecular flexibility index (Phi) is 8.14. The Morgan fingerprint density at radius 2 is 0.938 bits per heavy atom. The van der Waals surface area contributed by atoms with Crippen molar-refractivity contribution < 1.29 is 4.42 Å². The molecule has 0 saturated heterocycles. The molecule has 4 heterocycles. The zero-order valence-corrected chi connectivity index (χ0v) is 34.7. The lowest BCUT2D eigenvalue weighted by Gasteiger charge is -2.16. The highest BCUT2D eigenvalue weighted by atomic mass is 16.3. The first-order valence-electron chi connectivity index (χ1n) is 21.6. The van der Waals surface area contributed by atoms with Crippen LogP contribution in [0, 0.1) is 11.3 Å². The summed E-state index contributed by atoms with van der Waals surface area (Å²) in [5.41, 5.74) is 12.1. The zero-order chi connectivity index (χ0) is 43.0. The van der Waals surface area contributed by atoms with Gasteiger partial charge in [-0.2, -0.15) is 5.26 Å². The first-order chi connectivity index (χ1) is 32.2. The van der Waals surface area contributed by atoms with Crippen molar-refractivity contribution in [3.8, 4) is 62.7 Å². The number of furan rings is 1. The Hall–Kier alpha value is -9.12. The van der Waals surface area contributed by atoms with E-state index in [1.807, 2.05) is 84.9 Å². The number of fused-ring (bicyclic) bond motifs is 10. The third-order valence-corrected chi connectivity index (χ3v) is 12.6. The van der Waals surface area contributed by atoms with E-state index in [9.17, 15) is 5.26 Å². The second-order valence-electron chi connectivity index (χ2n) is 16.2. The molecule has 65 heavy (non-hydrogen) atoms. The van der Waals surface area contributed by atoms with Gasteiger partial charge >= 0.3 is 0 Å². The van der Waals surface area contributed by atoms with Crippen molar-refractivity contribution in [2.75, 3.05) is 0 Å². The van der Waals surface area contributed by atoms with E-state index in [4.69, 9.17) is 19.4 Å². The SMILES string of the molecule is N#Cc1cc(-c2nc(-c3ccccc3)nc(-c3ccccc3)n2)c2c(oc3ccccc32)c1-n1c2ccccc2c2cc(-c3ccccc3)c3c(c4ccccc4n3-c3ccccc3)c21. The van der Waals surface area contributed by atoms with Gasteiger partial charge in [0, 0.05) is 60.3 Å². The Bertz CT molecular complexity index is 3990. The van der Waals surface area contributed by atoms with E-state index in [1.165, 1.54) is 0 Å². The maximum absolute atomic E-state index is 11.5. The van der Waals surface area contributed by atoms with E-state index in [0.29, 0.717) is 45.5 Å². The van der Waals surface area contributed by atoms with Gasteiger partial charge in [0.15, 0.2) is 23.1 Å². The summed E-state index contributed by atoms with van der Waals surface area (Å²) in [6.07, 6.45) is 0. The van der Waals surface area contributed by atoms with Crippen LogP contribution in [0.2, 0.25) is 0 Å². The standard InChI is InChI=1S/C58H34N6O/c59-35-39-33-46(58-61-56(37-21-7-2-8-22-37)60-57(62-58)38-23-9-3-10-24-38)50-43-29-15-18-32-49(43)65-55(50)52(39)64-47-30-16-13-27-41(47)45-34-44(36-19-5-1-6-20-36)53-51(54(45)64)42-28-14-17-31-48(42)63(53)40-25-11-4-12-26-40/h1-34H. The number of nitriles is 1. The van der Waals surface area contributed by atoms with Gasteiger partial charge in [-0.3, -0.25) is 0 Å². The van der Waals surface area contributed by atoms with Gasteiger partial charge < -0.3 is 13.6 Å². The maximum atomic E-state index is 11.5. The van der Waals surface area contributed by atoms with Crippen LogP contribution in [-0.2, 0) is 0 Å². The Balaban J connectivity index is 1.21. The van der Waals surface area contributed by atoms with Crippen LogP contribution in [0.1, 0.15) is 5.56 Å². The van der Waals surface area contributed by atoms with Gasteiger partial charge in [0.2, 0.25) is 0 Å². The number of aromatic nitrogens is 5. The van der Waals surface area contributed by atoms with Crippen LogP contribution in [0.3, 0.4) is 0 Å². The smallest absolute Gasteiger partial charge is 0.164 e. The summed E-state index contributed by atoms with van der Waals surface area (Å²) in [6.45, 7) is 0. The predicted molar refractivity (Wildman–Crippen MR) is 262 cm³/mol. The minimum Gasteiger partial charge on any atom is -0.454 e. The normalized spacial score (nSPS) is 11.7. The van der Waals surface area contributed by atoms with Crippen molar-refractivity contribution in [2.45, 2.75) is 0 Å². The van der Waals surface area contributed by atoms with Crippen LogP contribution in [0.4, 0.5) is 0 Å². The quantitative estimate of drug-likeness (QED) is 0.167. The summed E-state index contributed by atoms with van der Waals surface area (Å²) in [5, 5.41) is 17.5. The van der Waals surface area contributed by atoms with Gasteiger partial charge in [0.1, 0.15) is 17.3 Å². The van der Waals surface area contributed by atoms with E-state index < -0.39 is 0 Å². The average molecular weight is 831 g/mol. The molecule has 0 saturated carbocycles. The number of hydrogen-bond donors (Lipinski definition) is 0. The molecule has 0 unspecified atom stereocenters. The fourth-order valence-corrected chi connectivity index (χ4v) is 9.82. The maximum Gasteiger partial charge on any atom is 0.164 e. The zero-order valence-electron chi connectivity index (χ0n) is 34.7. The fraction of sp³-hybridized carbons (Fsp3) is 0. The molecule has 302 valence electrons. The molecule has 0 aliphatic heterocycles. The second kappa shape index (κ2) is 14.5. The van der Waals surface area contributed by atoms with Gasteiger partial charge in [0.05, 0.1) is 27.6 Å². The van der Waals surface area contributed by atoms with E-state index in [1.54, 1.807) is 0 Å². The molecule has 7 nitrogen and oxygen atoms in total. The summed E-state index contributed by atoms with van der Waals surface area (Å²) in [6, 6.07) is 73.2. The molecule has 0 fully saturated rings. The summed E-state index contributed by atoms with van der Waals surface area (Å²) in [7, 11) is 0. The highest BCUT2D eigenvalue weighted by molar-refractivity contribution is 6.30. The molecule has 4 aromatic heterocycles. The molecule has 0 aliphatic carbocycles. The van der Waals surface area contributed by atoms with E-state index >= 15 is 0 Å². The van der Waals surface area contributed by atoms with Gasteiger partial charge in [0.25, 0.3) is 0 Å². The number of benzene rings is 9. The number of nitrogens with zero attached hydrogens (tertiary/aromatic N) is 6. The van der Waals surface area contributed by atoms with Crippen molar-refractivity contribution in [1.82, 2.24) is 24.1 Å². The van der Waals surface area contributed by atoms with Crippen LogP contribution >= 0.6 is 0 Å². The molecule has 0 spiro atoms. The van der Waals surface area contributed by atoms with Crippen molar-refractivity contribution >= 4 is 65.6 Å². The number of para-hydroxylation sites is 4. The van der Waals surface area contributed by atoms with Crippen molar-refractivity contribution in [1.29, 1.82) is 5.26 Å². The van der Waals surface area contributed by atoms with Crippen molar-refractivity contribution in [2.24, 2.45) is 0 Å². The van der Waals surface area contributed by atoms with Gasteiger partial charge in [-0.1, -0.05) is 164 Å². The Morgan fingerprint density at radius 1 is 0.415 bits per heavy atom. The molecule has 13 aromatic rings. The van der Waals surface area contributed by atoms with E-state index in [2.05, 4.69) is 137 Å². The lowest BCUT2D eigenvalue weighted by atomic mass is 9.97. The first-order valence-corrected chi connectivity index (χ1v) is 21.6. The van der Waals surface area contributed by atoms with Gasteiger partial charge in [-0.05, 0) is 48.0 Å². The molecule has 0 bridgehead atoms. The minimum atomic E-state index is 0.421. The largest absolute Gasteiger partial charge is 0.454 e. The lowest BCUT2D eigenvalue weighted by molar-refractivity contribution is 0.666. The topological polar surface area (TPSA) is 85.5 Å². The van der Waals surface area contributed by atoms with Crippen molar-refractivity contribution in [3.05, 3.63) is 212 Å². The van der Waals surface area contributed by atoms with Gasteiger partial charge in [-0.25, -0.2) is 15.0 Å². The first kappa shape index (κ1) is 36.5. The summed E-state index contributed by atoms with van der Waals surface area (Å²) in [5.74, 6) is 1.51. The van der Waals surface area contributed by atoms with Crippen molar-refractivity contribution in [3.63, 3.8) is 0 Å². The van der Waals surface area contributed by atoms with E-state index in [0.717, 1.165) is 82.3 Å². The molecule has 0 amide bonds. The lowest BCUT2D eigenvalue weighted by Crippen LogP contribution is -2.03. The molecule has 0 N–H and O–H groups in total. The van der Waals surface area contributed by atoms with Crippen LogP contribution in [0.15, 0.2) is 211 Å². The summed E-state index contributed by atoms with van der Waals surface area (Å²) in [4.78, 5) is 15.3. The van der Waals surface area contributed by atoms with Crippen LogP contribution in [0.5, 0.6) is 0 Å². The second-order valence-corrected chi connectivity index (χ2v) is 16.2. The number of rotatable bonds is 6. The van der Waals surface area contributed by atoms with Gasteiger partial charge in [-0.15, -0.1) is 0 Å². The molecular formula is C58H34N6O. The Labute approximate surface area is 372 Å². The number of hydrogen-bond acceptors (Lipinski definition) is 5. The summed E-state index contributed by atoms with van der Waals surface area (Å²) >= 11 is 0. The molecule has 13 rings (SSSR count). The third-order valence-electron chi connectivity index (χ3n) is 12.6. The average Bonchev–Trinajstić information content (AvgIpc) is 4.05. The molecule has 0 radical (unpaired) electrons. The fourth-order valence-electron chi connectivity index (χ4n) is 9.82. The molecule has 7 heteroatoms. The Morgan fingerprint density at radius 3 is 1.58 bits per heavy atom. The van der Waals surface area contributed by atoms with E-state index in [-0.39, 0.29) is 0 Å². The molecule has 0 aliphatic rings. The van der Waals surface area contributed by atoms with Crippen LogP contribution < -0.4 is 0 Å². The minimum absolute atomic E-state index is 0.421. The van der Waals surface area contributed by atoms with Crippen LogP contribution in [-0.4, -0.2) is 24.1 Å². The molecular weight excluding hydrogens is 797 g/mol.